The minimum atomic E-state index is 0.664. The fourth-order valence-corrected chi connectivity index (χ4v) is 2.54. The lowest BCUT2D eigenvalue weighted by Gasteiger charge is -2.10. The Hall–Kier alpha value is -1.75. The summed E-state index contributed by atoms with van der Waals surface area (Å²) in [5, 5.41) is 7.12. The van der Waals surface area contributed by atoms with Gasteiger partial charge < -0.3 is 10.6 Å². The number of hydrogen-bond acceptors (Lipinski definition) is 3. The molecule has 1 aromatic carbocycles. The van der Waals surface area contributed by atoms with Crippen LogP contribution in [0.15, 0.2) is 30.6 Å². The summed E-state index contributed by atoms with van der Waals surface area (Å²) >= 11 is 5.32. The fourth-order valence-electron chi connectivity index (χ4n) is 2.32. The Morgan fingerprint density at radius 3 is 2.55 bits per heavy atom. The van der Waals surface area contributed by atoms with Crippen molar-refractivity contribution in [3.63, 3.8) is 0 Å². The Bertz CT molecular complexity index is 600. The molecule has 118 valence electrons. The van der Waals surface area contributed by atoms with Crippen molar-refractivity contribution in [3.05, 3.63) is 30.6 Å². The van der Waals surface area contributed by atoms with Gasteiger partial charge >= 0.3 is 0 Å². The van der Waals surface area contributed by atoms with Gasteiger partial charge in [0, 0.05) is 24.6 Å². The maximum atomic E-state index is 5.32. The van der Waals surface area contributed by atoms with Crippen LogP contribution >= 0.6 is 12.2 Å². The Balaban J connectivity index is 1.69. The molecule has 1 aromatic heterocycles. The molecule has 2 N–H and O–H groups in total. The number of rotatable bonds is 8. The van der Waals surface area contributed by atoms with Crippen molar-refractivity contribution in [2.24, 2.45) is 0 Å². The summed E-state index contributed by atoms with van der Waals surface area (Å²) in [5.74, 6) is 0. The van der Waals surface area contributed by atoms with Gasteiger partial charge in [-0.3, -0.25) is 9.97 Å². The molecule has 0 radical (unpaired) electrons. The predicted molar refractivity (Wildman–Crippen MR) is 97.1 cm³/mol. The molecule has 22 heavy (non-hydrogen) atoms. The molecule has 1 heterocycles. The van der Waals surface area contributed by atoms with Crippen LogP contribution in [0.25, 0.3) is 11.0 Å². The lowest BCUT2D eigenvalue weighted by atomic mass is 10.1. The lowest BCUT2D eigenvalue weighted by molar-refractivity contribution is 0.603. The maximum Gasteiger partial charge on any atom is 0.170 e. The molecule has 0 saturated carbocycles. The topological polar surface area (TPSA) is 49.8 Å². The van der Waals surface area contributed by atoms with E-state index >= 15 is 0 Å². The highest BCUT2D eigenvalue weighted by atomic mass is 32.1. The third kappa shape index (κ3) is 5.56. The number of hydrogen-bond donors (Lipinski definition) is 2. The first-order valence-corrected chi connectivity index (χ1v) is 8.46. The number of anilines is 1. The normalized spacial score (nSPS) is 10.6. The van der Waals surface area contributed by atoms with E-state index in [0.29, 0.717) is 5.11 Å². The van der Waals surface area contributed by atoms with Gasteiger partial charge in [-0.05, 0) is 36.8 Å². The smallest absolute Gasteiger partial charge is 0.170 e. The van der Waals surface area contributed by atoms with Crippen molar-refractivity contribution in [1.29, 1.82) is 0 Å². The molecule has 0 amide bonds. The second kappa shape index (κ2) is 9.30. The van der Waals surface area contributed by atoms with Crippen LogP contribution in [-0.2, 0) is 0 Å². The first-order valence-electron chi connectivity index (χ1n) is 8.05. The number of fused-ring (bicyclic) bond motifs is 1. The average molecular weight is 316 g/mol. The van der Waals surface area contributed by atoms with E-state index in [1.54, 1.807) is 12.4 Å². The maximum absolute atomic E-state index is 5.32. The van der Waals surface area contributed by atoms with Crippen molar-refractivity contribution < 1.29 is 0 Å². The van der Waals surface area contributed by atoms with Crippen LogP contribution in [0, 0.1) is 0 Å². The molecule has 0 spiro atoms. The number of unbranched alkanes of at least 4 members (excludes halogenated alkanes) is 5. The van der Waals surface area contributed by atoms with E-state index in [1.165, 1.54) is 32.1 Å². The van der Waals surface area contributed by atoms with E-state index in [-0.39, 0.29) is 0 Å². The van der Waals surface area contributed by atoms with Gasteiger partial charge in [0.25, 0.3) is 0 Å². The first-order chi connectivity index (χ1) is 10.8. The van der Waals surface area contributed by atoms with Crippen molar-refractivity contribution >= 4 is 34.1 Å². The van der Waals surface area contributed by atoms with E-state index in [0.717, 1.165) is 29.7 Å². The Morgan fingerprint density at radius 2 is 1.73 bits per heavy atom. The summed E-state index contributed by atoms with van der Waals surface area (Å²) < 4.78 is 0. The van der Waals surface area contributed by atoms with Gasteiger partial charge in [0.1, 0.15) is 0 Å². The summed E-state index contributed by atoms with van der Waals surface area (Å²) in [6.45, 7) is 3.16. The van der Waals surface area contributed by atoms with E-state index in [2.05, 4.69) is 27.5 Å². The predicted octanol–water partition coefficient (Wildman–Crippen LogP) is 4.28. The Morgan fingerprint density at radius 1 is 1.00 bits per heavy atom. The van der Waals surface area contributed by atoms with Crippen LogP contribution in [0.5, 0.6) is 0 Å². The van der Waals surface area contributed by atoms with Gasteiger partial charge in [-0.2, -0.15) is 0 Å². The van der Waals surface area contributed by atoms with Crippen LogP contribution in [-0.4, -0.2) is 21.6 Å². The highest BCUT2D eigenvalue weighted by Gasteiger charge is 2.00. The van der Waals surface area contributed by atoms with Gasteiger partial charge in [-0.15, -0.1) is 0 Å². The third-order valence-corrected chi connectivity index (χ3v) is 3.79. The number of aromatic nitrogens is 2. The van der Waals surface area contributed by atoms with Crippen molar-refractivity contribution in [2.75, 3.05) is 11.9 Å². The average Bonchev–Trinajstić information content (AvgIpc) is 2.54. The van der Waals surface area contributed by atoms with Gasteiger partial charge in [-0.25, -0.2) is 0 Å². The highest BCUT2D eigenvalue weighted by molar-refractivity contribution is 7.80. The second-order valence-corrected chi connectivity index (χ2v) is 5.82. The second-order valence-electron chi connectivity index (χ2n) is 5.41. The fraction of sp³-hybridized carbons (Fsp3) is 0.471. The largest absolute Gasteiger partial charge is 0.362 e. The summed E-state index contributed by atoms with van der Waals surface area (Å²) in [5.41, 5.74) is 2.69. The van der Waals surface area contributed by atoms with Crippen molar-refractivity contribution in [1.82, 2.24) is 15.3 Å². The van der Waals surface area contributed by atoms with E-state index in [4.69, 9.17) is 12.2 Å². The van der Waals surface area contributed by atoms with Crippen molar-refractivity contribution in [2.45, 2.75) is 45.4 Å². The quantitative estimate of drug-likeness (QED) is 0.562. The zero-order chi connectivity index (χ0) is 15.6. The van der Waals surface area contributed by atoms with E-state index in [9.17, 15) is 0 Å². The zero-order valence-corrected chi connectivity index (χ0v) is 14.0. The molecule has 2 aromatic rings. The molecule has 5 heteroatoms. The summed E-state index contributed by atoms with van der Waals surface area (Å²) in [6.07, 6.45) is 11.1. The lowest BCUT2D eigenvalue weighted by Crippen LogP contribution is -2.29. The molecule has 0 atom stereocenters. The number of thiocarbonyl (C=S) groups is 1. The minimum Gasteiger partial charge on any atom is -0.362 e. The van der Waals surface area contributed by atoms with E-state index in [1.807, 2.05) is 18.2 Å². The van der Waals surface area contributed by atoms with Gasteiger partial charge in [0.15, 0.2) is 5.11 Å². The summed E-state index contributed by atoms with van der Waals surface area (Å²) in [4.78, 5) is 8.55. The SMILES string of the molecule is CCCCCCCCNC(=S)Nc1ccc2nccnc2c1. The summed E-state index contributed by atoms with van der Waals surface area (Å²) in [6, 6.07) is 5.87. The molecule has 0 fully saturated rings. The zero-order valence-electron chi connectivity index (χ0n) is 13.1. The van der Waals surface area contributed by atoms with Crippen LogP contribution in [0.1, 0.15) is 45.4 Å². The molecule has 0 aliphatic rings. The summed E-state index contributed by atoms with van der Waals surface area (Å²) in [7, 11) is 0. The molecular formula is C17H24N4S. The number of nitrogens with zero attached hydrogens (tertiary/aromatic N) is 2. The first kappa shape index (κ1) is 16.6. The van der Waals surface area contributed by atoms with Crippen LogP contribution in [0.4, 0.5) is 5.69 Å². The molecule has 0 aliphatic heterocycles. The van der Waals surface area contributed by atoms with Gasteiger partial charge in [0.05, 0.1) is 11.0 Å². The Kier molecular flexibility index (Phi) is 7.03. The molecule has 4 nitrogen and oxygen atoms in total. The van der Waals surface area contributed by atoms with Gasteiger partial charge in [-0.1, -0.05) is 39.0 Å². The van der Waals surface area contributed by atoms with Crippen LogP contribution in [0.2, 0.25) is 0 Å². The number of benzene rings is 1. The Labute approximate surface area is 137 Å². The standard InChI is InChI=1S/C17H24N4S/c1-2-3-4-5-6-7-10-20-17(22)21-14-8-9-15-16(13-14)19-12-11-18-15/h8-9,11-13H,2-7,10H2,1H3,(H2,20,21,22). The van der Waals surface area contributed by atoms with E-state index < -0.39 is 0 Å². The van der Waals surface area contributed by atoms with Crippen LogP contribution < -0.4 is 10.6 Å². The highest BCUT2D eigenvalue weighted by Crippen LogP contribution is 2.14. The molecule has 0 aliphatic carbocycles. The molecule has 0 saturated heterocycles. The van der Waals surface area contributed by atoms with Crippen LogP contribution in [0.3, 0.4) is 0 Å². The minimum absolute atomic E-state index is 0.664. The van der Waals surface area contributed by atoms with Gasteiger partial charge in [0.2, 0.25) is 0 Å². The molecular weight excluding hydrogens is 292 g/mol. The molecule has 0 unspecified atom stereocenters. The monoisotopic (exact) mass is 316 g/mol. The van der Waals surface area contributed by atoms with Crippen molar-refractivity contribution in [3.8, 4) is 0 Å². The number of nitrogens with one attached hydrogen (secondary N) is 2. The molecule has 0 bridgehead atoms. The third-order valence-electron chi connectivity index (χ3n) is 3.54. The molecule has 2 rings (SSSR count).